The van der Waals surface area contributed by atoms with Crippen LogP contribution in [0.25, 0.3) is 11.1 Å². The number of piperidine rings is 1. The second-order valence-corrected chi connectivity index (χ2v) is 9.10. The average Bonchev–Trinajstić information content (AvgIpc) is 3.35. The van der Waals surface area contributed by atoms with Crippen molar-refractivity contribution in [2.45, 2.75) is 51.9 Å². The first-order chi connectivity index (χ1) is 15.1. The van der Waals surface area contributed by atoms with E-state index in [1.165, 1.54) is 0 Å². The van der Waals surface area contributed by atoms with Gasteiger partial charge in [-0.1, -0.05) is 37.1 Å². The normalized spacial score (nSPS) is 21.8. The third-order valence-electron chi connectivity index (χ3n) is 6.90. The van der Waals surface area contributed by atoms with Gasteiger partial charge >= 0.3 is 0 Å². The summed E-state index contributed by atoms with van der Waals surface area (Å²) in [5, 5.41) is 3.07. The first-order valence-corrected chi connectivity index (χ1v) is 11.7. The Balaban J connectivity index is 1.59. The van der Waals surface area contributed by atoms with E-state index in [4.69, 9.17) is 0 Å². The summed E-state index contributed by atoms with van der Waals surface area (Å²) in [6, 6.07) is 12.4. The molecule has 2 heterocycles. The van der Waals surface area contributed by atoms with Crippen LogP contribution in [0.2, 0.25) is 0 Å². The Morgan fingerprint density at radius 1 is 1.10 bits per heavy atom. The van der Waals surface area contributed by atoms with Crippen molar-refractivity contribution in [1.29, 1.82) is 0 Å². The van der Waals surface area contributed by atoms with Gasteiger partial charge in [0.25, 0.3) is 0 Å². The van der Waals surface area contributed by atoms with Gasteiger partial charge in [-0.25, -0.2) is 0 Å². The Labute approximate surface area is 185 Å². The van der Waals surface area contributed by atoms with Gasteiger partial charge in [0, 0.05) is 37.9 Å². The zero-order valence-electron chi connectivity index (χ0n) is 18.5. The Bertz CT molecular complexity index is 908. The van der Waals surface area contributed by atoms with Gasteiger partial charge in [0.2, 0.25) is 11.8 Å². The standard InChI is InChI=1S/C26H33N3O2/c1-2-28-25(31)26(13-6-16-29(19-26)24(30)22-8-3-4-9-22)18-20-7-5-10-23(17-20)21-11-14-27-15-12-21/h5,7,10-12,14-15,17,22H,2-4,6,8-9,13,16,18-19H2,1H3,(H,28,31). The van der Waals surface area contributed by atoms with E-state index < -0.39 is 5.41 Å². The molecule has 1 aliphatic carbocycles. The molecule has 5 heteroatoms. The predicted molar refractivity (Wildman–Crippen MR) is 122 cm³/mol. The lowest BCUT2D eigenvalue weighted by atomic mass is 9.73. The fourth-order valence-electron chi connectivity index (χ4n) is 5.30. The van der Waals surface area contributed by atoms with E-state index >= 15 is 0 Å². The van der Waals surface area contributed by atoms with Crippen molar-refractivity contribution in [3.8, 4) is 11.1 Å². The molecule has 1 aliphatic heterocycles. The van der Waals surface area contributed by atoms with Gasteiger partial charge in [-0.2, -0.15) is 0 Å². The molecule has 4 rings (SSSR count). The van der Waals surface area contributed by atoms with Crippen molar-refractivity contribution >= 4 is 11.8 Å². The Morgan fingerprint density at radius 3 is 2.61 bits per heavy atom. The Kier molecular flexibility index (Phi) is 6.69. The lowest BCUT2D eigenvalue weighted by molar-refractivity contribution is -0.144. The maximum absolute atomic E-state index is 13.3. The van der Waals surface area contributed by atoms with Crippen molar-refractivity contribution in [2.24, 2.45) is 11.3 Å². The molecule has 31 heavy (non-hydrogen) atoms. The van der Waals surface area contributed by atoms with Crippen LogP contribution < -0.4 is 5.32 Å². The highest BCUT2D eigenvalue weighted by atomic mass is 16.2. The molecular weight excluding hydrogens is 386 g/mol. The van der Waals surface area contributed by atoms with Gasteiger partial charge in [0.1, 0.15) is 0 Å². The number of amides is 2. The van der Waals surface area contributed by atoms with Crippen LogP contribution in [0.4, 0.5) is 0 Å². The summed E-state index contributed by atoms with van der Waals surface area (Å²) >= 11 is 0. The molecule has 1 aromatic heterocycles. The number of nitrogens with one attached hydrogen (secondary N) is 1. The molecule has 1 unspecified atom stereocenters. The van der Waals surface area contributed by atoms with E-state index in [0.29, 0.717) is 19.5 Å². The van der Waals surface area contributed by atoms with E-state index in [2.05, 4.69) is 34.6 Å². The van der Waals surface area contributed by atoms with Crippen molar-refractivity contribution in [2.75, 3.05) is 19.6 Å². The van der Waals surface area contributed by atoms with Gasteiger partial charge in [0.15, 0.2) is 0 Å². The summed E-state index contributed by atoms with van der Waals surface area (Å²) in [4.78, 5) is 32.6. The molecule has 1 saturated carbocycles. The third kappa shape index (κ3) is 4.81. The van der Waals surface area contributed by atoms with Gasteiger partial charge in [-0.05, 0) is 67.9 Å². The maximum atomic E-state index is 13.3. The third-order valence-corrected chi connectivity index (χ3v) is 6.90. The predicted octanol–water partition coefficient (Wildman–Crippen LogP) is 4.23. The van der Waals surface area contributed by atoms with Crippen LogP contribution in [0.15, 0.2) is 48.8 Å². The summed E-state index contributed by atoms with van der Waals surface area (Å²) < 4.78 is 0. The Hall–Kier alpha value is -2.69. The SMILES string of the molecule is CCNC(=O)C1(Cc2cccc(-c3ccncc3)c2)CCCN(C(=O)C2CCCC2)C1. The summed E-state index contributed by atoms with van der Waals surface area (Å²) in [6.45, 7) is 3.86. The molecule has 1 aromatic carbocycles. The quantitative estimate of drug-likeness (QED) is 0.762. The Morgan fingerprint density at radius 2 is 1.87 bits per heavy atom. The summed E-state index contributed by atoms with van der Waals surface area (Å²) in [7, 11) is 0. The molecule has 2 aromatic rings. The monoisotopic (exact) mass is 419 g/mol. The molecule has 0 bridgehead atoms. The highest BCUT2D eigenvalue weighted by Crippen LogP contribution is 2.37. The minimum Gasteiger partial charge on any atom is -0.356 e. The van der Waals surface area contributed by atoms with E-state index in [1.54, 1.807) is 12.4 Å². The van der Waals surface area contributed by atoms with Crippen LogP contribution in [-0.4, -0.2) is 41.3 Å². The summed E-state index contributed by atoms with van der Waals surface area (Å²) in [6.07, 6.45) is 10.2. The van der Waals surface area contributed by atoms with E-state index in [1.807, 2.05) is 24.0 Å². The highest BCUT2D eigenvalue weighted by Gasteiger charge is 2.44. The van der Waals surface area contributed by atoms with Crippen molar-refractivity contribution in [3.63, 3.8) is 0 Å². The smallest absolute Gasteiger partial charge is 0.228 e. The number of hydrogen-bond acceptors (Lipinski definition) is 3. The maximum Gasteiger partial charge on any atom is 0.228 e. The first kappa shape index (κ1) is 21.5. The molecule has 1 N–H and O–H groups in total. The molecule has 5 nitrogen and oxygen atoms in total. The first-order valence-electron chi connectivity index (χ1n) is 11.7. The summed E-state index contributed by atoms with van der Waals surface area (Å²) in [5.74, 6) is 0.490. The van der Waals surface area contributed by atoms with Gasteiger partial charge in [-0.15, -0.1) is 0 Å². The average molecular weight is 420 g/mol. The van der Waals surface area contributed by atoms with Crippen LogP contribution >= 0.6 is 0 Å². The second kappa shape index (κ2) is 9.63. The molecule has 164 valence electrons. The van der Waals surface area contributed by atoms with Crippen LogP contribution in [0.1, 0.15) is 51.0 Å². The second-order valence-electron chi connectivity index (χ2n) is 9.10. The zero-order valence-corrected chi connectivity index (χ0v) is 18.5. The van der Waals surface area contributed by atoms with Crippen molar-refractivity contribution in [3.05, 3.63) is 54.4 Å². The van der Waals surface area contributed by atoms with Crippen LogP contribution in [-0.2, 0) is 16.0 Å². The lowest BCUT2D eigenvalue weighted by Crippen LogP contribution is -2.55. The zero-order chi connectivity index (χ0) is 21.7. The number of likely N-dealkylation sites (tertiary alicyclic amines) is 1. The largest absolute Gasteiger partial charge is 0.356 e. The number of hydrogen-bond donors (Lipinski definition) is 1. The van der Waals surface area contributed by atoms with Crippen LogP contribution in [0.5, 0.6) is 0 Å². The van der Waals surface area contributed by atoms with Crippen LogP contribution in [0.3, 0.4) is 0 Å². The van der Waals surface area contributed by atoms with Gasteiger partial charge in [-0.3, -0.25) is 14.6 Å². The molecule has 1 saturated heterocycles. The number of aromatic nitrogens is 1. The molecule has 1 atom stereocenters. The van der Waals surface area contributed by atoms with E-state index in [-0.39, 0.29) is 17.7 Å². The van der Waals surface area contributed by atoms with Crippen molar-refractivity contribution in [1.82, 2.24) is 15.2 Å². The van der Waals surface area contributed by atoms with Crippen molar-refractivity contribution < 1.29 is 9.59 Å². The lowest BCUT2D eigenvalue weighted by Gasteiger charge is -2.42. The topological polar surface area (TPSA) is 62.3 Å². The van der Waals surface area contributed by atoms with E-state index in [0.717, 1.165) is 61.8 Å². The van der Waals surface area contributed by atoms with Gasteiger partial charge < -0.3 is 10.2 Å². The minimum atomic E-state index is -0.570. The van der Waals surface area contributed by atoms with E-state index in [9.17, 15) is 9.59 Å². The molecule has 2 amide bonds. The fourth-order valence-corrected chi connectivity index (χ4v) is 5.30. The molecule has 0 spiro atoms. The summed E-state index contributed by atoms with van der Waals surface area (Å²) in [5.41, 5.74) is 2.81. The van der Waals surface area contributed by atoms with Crippen LogP contribution in [0, 0.1) is 11.3 Å². The van der Waals surface area contributed by atoms with Gasteiger partial charge in [0.05, 0.1) is 5.41 Å². The highest BCUT2D eigenvalue weighted by molar-refractivity contribution is 5.85. The molecule has 2 fully saturated rings. The number of carbonyl (C=O) groups excluding carboxylic acids is 2. The number of carbonyl (C=O) groups is 2. The number of nitrogens with zero attached hydrogens (tertiary/aromatic N) is 2. The minimum absolute atomic E-state index is 0.0771. The molecule has 2 aliphatic rings. The number of benzene rings is 1. The molecular formula is C26H33N3O2. The number of pyridine rings is 1. The molecule has 0 radical (unpaired) electrons. The number of rotatable bonds is 6. The fraction of sp³-hybridized carbons (Fsp3) is 0.500.